The average molecular weight is 311 g/mol. The smallest absolute Gasteiger partial charge is 0.264 e. The van der Waals surface area contributed by atoms with Gasteiger partial charge in [0.15, 0.2) is 0 Å². The van der Waals surface area contributed by atoms with Crippen LogP contribution >= 0.6 is 0 Å². The number of benzene rings is 2. The number of aromatic amines is 1. The summed E-state index contributed by atoms with van der Waals surface area (Å²) in [5.74, 6) is 0. The number of fused-ring (bicyclic) bond motifs is 1. The Kier molecular flexibility index (Phi) is 3.35. The predicted octanol–water partition coefficient (Wildman–Crippen LogP) is 3.15. The van der Waals surface area contributed by atoms with Crippen LogP contribution in [0.15, 0.2) is 53.6 Å². The van der Waals surface area contributed by atoms with Crippen molar-refractivity contribution in [2.24, 2.45) is 0 Å². The molecule has 22 heavy (non-hydrogen) atoms. The zero-order chi connectivity index (χ0) is 15.7. The lowest BCUT2D eigenvalue weighted by atomic mass is 10.2. The van der Waals surface area contributed by atoms with E-state index in [0.29, 0.717) is 16.6 Å². The average Bonchev–Trinajstić information content (AvgIpc) is 2.91. The molecule has 0 amide bonds. The van der Waals surface area contributed by atoms with Gasteiger partial charge in [0.2, 0.25) is 0 Å². The molecule has 0 spiro atoms. The summed E-state index contributed by atoms with van der Waals surface area (Å²) in [4.78, 5) is 3.18. The van der Waals surface area contributed by atoms with E-state index in [0.717, 1.165) is 11.1 Å². The van der Waals surface area contributed by atoms with Gasteiger partial charge in [-0.15, -0.1) is 0 Å². The second-order valence-electron chi connectivity index (χ2n) is 5.00. The van der Waals surface area contributed by atoms with Gasteiger partial charge in [-0.3, -0.25) is 4.72 Å². The highest BCUT2D eigenvalue weighted by Crippen LogP contribution is 2.25. The Hall–Kier alpha value is -2.78. The van der Waals surface area contributed by atoms with Crippen LogP contribution in [0.4, 0.5) is 5.69 Å². The molecule has 0 saturated heterocycles. The van der Waals surface area contributed by atoms with Gasteiger partial charge in [0.05, 0.1) is 11.6 Å². The molecule has 0 fully saturated rings. The zero-order valence-electron chi connectivity index (χ0n) is 11.8. The molecule has 0 saturated carbocycles. The minimum absolute atomic E-state index is 0.201. The first-order valence-corrected chi connectivity index (χ1v) is 8.09. The molecule has 0 radical (unpaired) electrons. The summed E-state index contributed by atoms with van der Waals surface area (Å²) in [5, 5.41) is 9.40. The van der Waals surface area contributed by atoms with Crippen molar-refractivity contribution < 1.29 is 8.42 Å². The number of aryl methyl sites for hydroxylation is 1. The lowest BCUT2D eigenvalue weighted by Gasteiger charge is -2.07. The number of nitrogens with one attached hydrogen (secondary N) is 2. The van der Waals surface area contributed by atoms with Crippen molar-refractivity contribution in [3.05, 3.63) is 59.8 Å². The third kappa shape index (κ3) is 2.54. The number of aromatic nitrogens is 1. The van der Waals surface area contributed by atoms with Crippen LogP contribution in [0.25, 0.3) is 10.9 Å². The summed E-state index contributed by atoms with van der Waals surface area (Å²) in [6, 6.07) is 13.8. The van der Waals surface area contributed by atoms with Crippen LogP contribution in [0.5, 0.6) is 0 Å². The van der Waals surface area contributed by atoms with Crippen LogP contribution in [0.1, 0.15) is 11.1 Å². The van der Waals surface area contributed by atoms with Gasteiger partial charge >= 0.3 is 0 Å². The fourth-order valence-electron chi connectivity index (χ4n) is 2.26. The number of rotatable bonds is 3. The van der Waals surface area contributed by atoms with E-state index in [1.807, 2.05) is 25.1 Å². The van der Waals surface area contributed by atoms with Gasteiger partial charge in [-0.1, -0.05) is 12.1 Å². The van der Waals surface area contributed by atoms with Gasteiger partial charge in [-0.05, 0) is 42.8 Å². The molecule has 2 aromatic carbocycles. The van der Waals surface area contributed by atoms with Crippen LogP contribution in [0.2, 0.25) is 0 Å². The van der Waals surface area contributed by atoms with Crippen LogP contribution in [0.3, 0.4) is 0 Å². The summed E-state index contributed by atoms with van der Waals surface area (Å²) < 4.78 is 27.6. The minimum atomic E-state index is -3.69. The summed E-state index contributed by atoms with van der Waals surface area (Å²) >= 11 is 0. The second kappa shape index (κ2) is 5.20. The number of hydrogen-bond donors (Lipinski definition) is 2. The van der Waals surface area contributed by atoms with Crippen molar-refractivity contribution in [2.75, 3.05) is 4.72 Å². The molecule has 0 atom stereocenters. The third-order valence-electron chi connectivity index (χ3n) is 3.36. The number of anilines is 1. The Morgan fingerprint density at radius 3 is 2.55 bits per heavy atom. The molecule has 1 aromatic heterocycles. The number of H-pyrrole nitrogens is 1. The third-order valence-corrected chi connectivity index (χ3v) is 4.78. The second-order valence-corrected chi connectivity index (χ2v) is 6.65. The van der Waals surface area contributed by atoms with E-state index >= 15 is 0 Å². The number of nitriles is 1. The van der Waals surface area contributed by atoms with Gasteiger partial charge in [0, 0.05) is 22.8 Å². The van der Waals surface area contributed by atoms with Crippen LogP contribution in [-0.2, 0) is 10.0 Å². The summed E-state index contributed by atoms with van der Waals surface area (Å²) in [5.41, 5.74) is 2.73. The molecule has 0 bridgehead atoms. The lowest BCUT2D eigenvalue weighted by Crippen LogP contribution is -2.12. The number of nitrogens with zero attached hydrogens (tertiary/aromatic N) is 1. The van der Waals surface area contributed by atoms with Crippen molar-refractivity contribution in [1.82, 2.24) is 4.98 Å². The van der Waals surface area contributed by atoms with Gasteiger partial charge in [0.1, 0.15) is 4.90 Å². The fraction of sp³-hybridized carbons (Fsp3) is 0.0625. The maximum absolute atomic E-state index is 12.5. The fourth-order valence-corrected chi connectivity index (χ4v) is 3.50. The molecule has 5 nitrogen and oxygen atoms in total. The lowest BCUT2D eigenvalue weighted by molar-refractivity contribution is 0.602. The van der Waals surface area contributed by atoms with Crippen molar-refractivity contribution >= 4 is 26.6 Å². The Balaban J connectivity index is 1.99. The van der Waals surface area contributed by atoms with Crippen LogP contribution in [-0.4, -0.2) is 13.4 Å². The van der Waals surface area contributed by atoms with Crippen LogP contribution in [0, 0.1) is 18.3 Å². The van der Waals surface area contributed by atoms with Crippen molar-refractivity contribution in [1.29, 1.82) is 5.26 Å². The largest absolute Gasteiger partial charge is 0.360 e. The minimum Gasteiger partial charge on any atom is -0.360 e. The van der Waals surface area contributed by atoms with E-state index < -0.39 is 10.0 Å². The van der Waals surface area contributed by atoms with E-state index in [2.05, 4.69) is 9.71 Å². The first kappa shape index (κ1) is 14.2. The first-order valence-electron chi connectivity index (χ1n) is 6.60. The Labute approximate surface area is 128 Å². The highest BCUT2D eigenvalue weighted by molar-refractivity contribution is 7.93. The van der Waals surface area contributed by atoms with E-state index in [-0.39, 0.29) is 4.90 Å². The molecule has 1 heterocycles. The summed E-state index contributed by atoms with van der Waals surface area (Å²) in [6.07, 6.45) is 1.48. The van der Waals surface area contributed by atoms with Gasteiger partial charge in [-0.25, -0.2) is 8.42 Å². The quantitative estimate of drug-likeness (QED) is 0.779. The zero-order valence-corrected chi connectivity index (χ0v) is 12.6. The van der Waals surface area contributed by atoms with Gasteiger partial charge in [0.25, 0.3) is 10.0 Å². The van der Waals surface area contributed by atoms with Crippen molar-refractivity contribution in [3.63, 3.8) is 0 Å². The molecule has 0 aliphatic heterocycles. The van der Waals surface area contributed by atoms with Crippen molar-refractivity contribution in [2.45, 2.75) is 11.8 Å². The van der Waals surface area contributed by atoms with E-state index in [4.69, 9.17) is 5.26 Å². The molecule has 6 heteroatoms. The maximum Gasteiger partial charge on any atom is 0.264 e. The summed E-state index contributed by atoms with van der Waals surface area (Å²) in [7, 11) is -3.69. The monoisotopic (exact) mass is 311 g/mol. The SMILES string of the molecule is Cc1ccc2c(S(=O)(=O)Nc3ccc(C#N)cc3)c[nH]c2c1. The Morgan fingerprint density at radius 1 is 1.14 bits per heavy atom. The first-order chi connectivity index (χ1) is 10.5. The van der Waals surface area contributed by atoms with Gasteiger partial charge in [-0.2, -0.15) is 5.26 Å². The maximum atomic E-state index is 12.5. The Morgan fingerprint density at radius 2 is 1.86 bits per heavy atom. The topological polar surface area (TPSA) is 85.8 Å². The van der Waals surface area contributed by atoms with E-state index in [9.17, 15) is 8.42 Å². The molecule has 0 aliphatic rings. The molecular formula is C16H13N3O2S. The molecule has 3 rings (SSSR count). The van der Waals surface area contributed by atoms with E-state index in [1.165, 1.54) is 6.20 Å². The summed E-state index contributed by atoms with van der Waals surface area (Å²) in [6.45, 7) is 1.95. The van der Waals surface area contributed by atoms with E-state index in [1.54, 1.807) is 30.3 Å². The molecule has 2 N–H and O–H groups in total. The Bertz CT molecular complexity index is 980. The highest BCUT2D eigenvalue weighted by atomic mass is 32.2. The van der Waals surface area contributed by atoms with Crippen molar-refractivity contribution in [3.8, 4) is 6.07 Å². The standard InChI is InChI=1S/C16H13N3O2S/c1-11-2-7-14-15(8-11)18-10-16(14)22(20,21)19-13-5-3-12(9-17)4-6-13/h2-8,10,18-19H,1H3. The molecular weight excluding hydrogens is 298 g/mol. The number of hydrogen-bond acceptors (Lipinski definition) is 3. The van der Waals surface area contributed by atoms with Crippen LogP contribution < -0.4 is 4.72 Å². The van der Waals surface area contributed by atoms with Gasteiger partial charge < -0.3 is 4.98 Å². The normalized spacial score (nSPS) is 11.3. The predicted molar refractivity (Wildman–Crippen MR) is 85.0 cm³/mol. The highest BCUT2D eigenvalue weighted by Gasteiger charge is 2.19. The number of sulfonamides is 1. The molecule has 110 valence electrons. The molecule has 0 aliphatic carbocycles. The molecule has 3 aromatic rings. The molecule has 0 unspecified atom stereocenters.